The molecule has 1 saturated heterocycles. The van der Waals surface area contributed by atoms with Crippen molar-refractivity contribution < 1.29 is 13.5 Å². The number of aliphatic hydroxyl groups is 1. The van der Waals surface area contributed by atoms with Crippen LogP contribution in [-0.2, 0) is 15.7 Å². The van der Waals surface area contributed by atoms with Crippen LogP contribution >= 0.6 is 40.3 Å². The maximum Gasteiger partial charge on any atom is 0.244 e. The van der Waals surface area contributed by atoms with E-state index in [2.05, 4.69) is 0 Å². The van der Waals surface area contributed by atoms with Gasteiger partial charge in [0, 0.05) is 26.2 Å². The van der Waals surface area contributed by atoms with E-state index in [0.29, 0.717) is 23.0 Å². The molecule has 1 N–H and O–H groups in total. The topological polar surface area (TPSA) is 73.2 Å². The van der Waals surface area contributed by atoms with Crippen LogP contribution in [0.25, 0.3) is 0 Å². The number of thioether (sulfide) groups is 1. The zero-order valence-electron chi connectivity index (χ0n) is 17.2. The van der Waals surface area contributed by atoms with Gasteiger partial charge in [0.05, 0.1) is 16.5 Å². The summed E-state index contributed by atoms with van der Waals surface area (Å²) in [4.78, 5) is 6.50. The highest BCUT2D eigenvalue weighted by molar-refractivity contribution is 8.93. The fourth-order valence-electron chi connectivity index (χ4n) is 3.15. The molecule has 6 nitrogen and oxygen atoms in total. The molecular weight excluding hydrogens is 510 g/mol. The lowest BCUT2D eigenvalue weighted by Crippen LogP contribution is -2.44. The zero-order chi connectivity index (χ0) is 21.4. The van der Waals surface area contributed by atoms with E-state index in [9.17, 15) is 13.5 Å². The van der Waals surface area contributed by atoms with Crippen LogP contribution in [0.2, 0.25) is 5.02 Å². The number of nitrogens with zero attached hydrogens (tertiary/aromatic N) is 3. The number of benzene rings is 2. The van der Waals surface area contributed by atoms with Crippen molar-refractivity contribution in [1.82, 2.24) is 9.21 Å². The smallest absolute Gasteiger partial charge is 0.244 e. The Balaban J connectivity index is 0.00000320. The number of aryl methyl sites for hydroxylation is 1. The van der Waals surface area contributed by atoms with E-state index in [1.807, 2.05) is 38.1 Å². The van der Waals surface area contributed by atoms with Gasteiger partial charge in [-0.15, -0.1) is 17.0 Å². The normalized spacial score (nSPS) is 20.6. The predicted octanol–water partition coefficient (Wildman–Crippen LogP) is 4.38. The number of hydrogen-bond donors (Lipinski definition) is 1. The van der Waals surface area contributed by atoms with Crippen molar-refractivity contribution >= 4 is 61.2 Å². The van der Waals surface area contributed by atoms with E-state index in [4.69, 9.17) is 16.6 Å². The first-order valence-electron chi connectivity index (χ1n) is 9.11. The highest BCUT2D eigenvalue weighted by Gasteiger charge is 2.44. The van der Waals surface area contributed by atoms with Gasteiger partial charge in [0.1, 0.15) is 4.90 Å². The molecule has 1 aliphatic heterocycles. The van der Waals surface area contributed by atoms with Crippen LogP contribution in [0.3, 0.4) is 0 Å². The van der Waals surface area contributed by atoms with E-state index in [1.54, 1.807) is 11.0 Å². The van der Waals surface area contributed by atoms with Crippen LogP contribution < -0.4 is 0 Å². The van der Waals surface area contributed by atoms with Gasteiger partial charge in [-0.25, -0.2) is 17.7 Å². The number of aliphatic imine (C=N–C) groups is 1. The molecule has 1 atom stereocenters. The van der Waals surface area contributed by atoms with Crippen LogP contribution in [0.4, 0.5) is 5.69 Å². The van der Waals surface area contributed by atoms with Crippen molar-refractivity contribution in [2.75, 3.05) is 26.4 Å². The second-order valence-electron chi connectivity index (χ2n) is 6.96. The van der Waals surface area contributed by atoms with Crippen LogP contribution in [0, 0.1) is 6.92 Å². The molecule has 1 heterocycles. The molecule has 0 aromatic heterocycles. The first-order valence-corrected chi connectivity index (χ1v) is 11.9. The summed E-state index contributed by atoms with van der Waals surface area (Å²) in [6, 6.07) is 12.4. The van der Waals surface area contributed by atoms with Crippen LogP contribution in [0.15, 0.2) is 52.4 Å². The minimum Gasteiger partial charge on any atom is -0.366 e. The second-order valence-corrected chi connectivity index (χ2v) is 10.4. The highest BCUT2D eigenvalue weighted by Crippen LogP contribution is 2.41. The first-order chi connectivity index (χ1) is 13.6. The molecule has 3 rings (SSSR count). The molecule has 2 aromatic carbocycles. The minimum atomic E-state index is -3.74. The number of sulfonamides is 1. The zero-order valence-corrected chi connectivity index (χ0v) is 21.3. The monoisotopic (exact) mass is 533 g/mol. The van der Waals surface area contributed by atoms with E-state index in [1.165, 1.54) is 38.0 Å². The third-order valence-electron chi connectivity index (χ3n) is 4.88. The molecule has 30 heavy (non-hydrogen) atoms. The van der Waals surface area contributed by atoms with E-state index < -0.39 is 15.7 Å². The first kappa shape index (κ1) is 25.2. The Morgan fingerprint density at radius 3 is 2.53 bits per heavy atom. The van der Waals surface area contributed by atoms with Gasteiger partial charge in [-0.2, -0.15) is 0 Å². The molecule has 1 aliphatic rings. The molecule has 2 aromatic rings. The highest BCUT2D eigenvalue weighted by atomic mass is 79.9. The Morgan fingerprint density at radius 1 is 1.27 bits per heavy atom. The minimum absolute atomic E-state index is 0. The van der Waals surface area contributed by atoms with Crippen molar-refractivity contribution in [1.29, 1.82) is 0 Å². The van der Waals surface area contributed by atoms with Gasteiger partial charge in [-0.3, -0.25) is 0 Å². The lowest BCUT2D eigenvalue weighted by Gasteiger charge is -2.34. The van der Waals surface area contributed by atoms with Crippen LogP contribution in [-0.4, -0.2) is 54.3 Å². The second kappa shape index (κ2) is 9.58. The summed E-state index contributed by atoms with van der Waals surface area (Å²) >= 11 is 7.61. The fraction of sp³-hybridized carbons (Fsp3) is 0.350. The van der Waals surface area contributed by atoms with E-state index >= 15 is 0 Å². The maximum absolute atomic E-state index is 12.6. The van der Waals surface area contributed by atoms with E-state index in [0.717, 1.165) is 15.6 Å². The molecule has 1 fully saturated rings. The summed E-state index contributed by atoms with van der Waals surface area (Å²) in [5.74, 6) is 0.328. The quantitative estimate of drug-likeness (QED) is 0.616. The van der Waals surface area contributed by atoms with Gasteiger partial charge in [0.2, 0.25) is 10.0 Å². The van der Waals surface area contributed by atoms with Gasteiger partial charge in [0.25, 0.3) is 0 Å². The maximum atomic E-state index is 12.6. The Bertz CT molecular complexity index is 1060. The fourth-order valence-corrected chi connectivity index (χ4v) is 5.79. The van der Waals surface area contributed by atoms with Crippen molar-refractivity contribution in [3.63, 3.8) is 0 Å². The molecule has 164 valence electrons. The molecule has 10 heteroatoms. The molecule has 0 aliphatic carbocycles. The average molecular weight is 535 g/mol. The predicted molar refractivity (Wildman–Crippen MR) is 130 cm³/mol. The molecule has 1 unspecified atom stereocenters. The van der Waals surface area contributed by atoms with Gasteiger partial charge >= 0.3 is 0 Å². The Kier molecular flexibility index (Phi) is 8.04. The number of rotatable bonds is 5. The molecule has 0 amide bonds. The summed E-state index contributed by atoms with van der Waals surface area (Å²) in [5.41, 5.74) is 0.955. The number of hydrogen-bond acceptors (Lipinski definition) is 5. The Morgan fingerprint density at radius 2 is 1.93 bits per heavy atom. The molecule has 0 radical (unpaired) electrons. The van der Waals surface area contributed by atoms with Crippen LogP contribution in [0.1, 0.15) is 18.1 Å². The van der Waals surface area contributed by atoms with Crippen LogP contribution in [0.5, 0.6) is 0 Å². The van der Waals surface area contributed by atoms with E-state index in [-0.39, 0.29) is 26.9 Å². The third-order valence-corrected chi connectivity index (χ3v) is 8.29. The molecule has 0 spiro atoms. The van der Waals surface area contributed by atoms with Crippen molar-refractivity contribution in [2.45, 2.75) is 24.5 Å². The van der Waals surface area contributed by atoms with Gasteiger partial charge in [-0.05, 0) is 37.6 Å². The lowest BCUT2D eigenvalue weighted by atomic mass is 10.0. The SMILES string of the molecule is Br.CCN1/C(=N\c2ccccc2C)SCC1(O)c1ccc(Cl)c(S(=O)(=O)N(C)C)c1. The molecule has 0 saturated carbocycles. The Hall–Kier alpha value is -1.10. The average Bonchev–Trinajstić information content (AvgIpc) is 3.00. The standard InChI is InChI=1S/C20H24ClN3O3S2.BrH/c1-5-24-19(22-17-9-7-6-8-14(17)2)28-13-20(24,25)15-10-11-16(21)18(12-15)29(26,27)23(3)4;/h6-12,25H,5,13H2,1-4H3;1H/b22-19+;. The van der Waals surface area contributed by atoms with Gasteiger partial charge < -0.3 is 10.0 Å². The summed E-state index contributed by atoms with van der Waals surface area (Å²) in [6.07, 6.45) is 0. The summed E-state index contributed by atoms with van der Waals surface area (Å²) < 4.78 is 26.4. The van der Waals surface area contributed by atoms with Crippen molar-refractivity contribution in [2.24, 2.45) is 4.99 Å². The molecule has 0 bridgehead atoms. The van der Waals surface area contributed by atoms with Gasteiger partial charge in [-0.1, -0.05) is 47.6 Å². The summed E-state index contributed by atoms with van der Waals surface area (Å²) in [6.45, 7) is 4.42. The van der Waals surface area contributed by atoms with Gasteiger partial charge in [0.15, 0.2) is 10.9 Å². The molecular formula is C20H25BrClN3O3S2. The largest absolute Gasteiger partial charge is 0.366 e. The van der Waals surface area contributed by atoms with Crippen molar-refractivity contribution in [3.8, 4) is 0 Å². The lowest BCUT2D eigenvalue weighted by molar-refractivity contribution is -0.0454. The van der Waals surface area contributed by atoms with Crippen molar-refractivity contribution in [3.05, 3.63) is 58.6 Å². The summed E-state index contributed by atoms with van der Waals surface area (Å²) in [5, 5.41) is 12.3. The number of halogens is 2. The number of para-hydroxylation sites is 1. The summed E-state index contributed by atoms with van der Waals surface area (Å²) in [7, 11) is -0.847. The Labute approximate surface area is 197 Å². The number of amidine groups is 1. The third kappa shape index (κ3) is 4.56.